The van der Waals surface area contributed by atoms with Gasteiger partial charge in [0.15, 0.2) is 11.5 Å². The van der Waals surface area contributed by atoms with Gasteiger partial charge in [-0.25, -0.2) is 15.0 Å². The smallest absolute Gasteiger partial charge is 0.182 e. The summed E-state index contributed by atoms with van der Waals surface area (Å²) in [5.74, 6) is 0.810. The minimum absolute atomic E-state index is 0.104. The molecule has 1 saturated heterocycles. The van der Waals surface area contributed by atoms with Crippen molar-refractivity contribution in [1.29, 1.82) is 0 Å². The van der Waals surface area contributed by atoms with E-state index in [2.05, 4.69) is 30.2 Å². The summed E-state index contributed by atoms with van der Waals surface area (Å²) in [4.78, 5) is 17.8. The van der Waals surface area contributed by atoms with Crippen molar-refractivity contribution in [2.24, 2.45) is 0 Å². The van der Waals surface area contributed by atoms with Crippen molar-refractivity contribution >= 4 is 17.0 Å². The van der Waals surface area contributed by atoms with Crippen LogP contribution in [0.15, 0.2) is 12.7 Å². The van der Waals surface area contributed by atoms with E-state index in [4.69, 9.17) is 0 Å². The average Bonchev–Trinajstić information content (AvgIpc) is 3.08. The molecule has 1 aliphatic rings. The maximum absolute atomic E-state index is 9.26. The SMILES string of the molecule is OCCN(CC1CCCN1)c1ncnc2nc[nH]c12. The minimum Gasteiger partial charge on any atom is -0.395 e. The zero-order valence-corrected chi connectivity index (χ0v) is 10.7. The number of aromatic nitrogens is 4. The number of aromatic amines is 1. The van der Waals surface area contributed by atoms with Crippen molar-refractivity contribution in [3.8, 4) is 0 Å². The molecule has 0 spiro atoms. The quantitative estimate of drug-likeness (QED) is 0.697. The number of nitrogens with zero attached hydrogens (tertiary/aromatic N) is 4. The van der Waals surface area contributed by atoms with Crippen LogP contribution in [0.2, 0.25) is 0 Å². The van der Waals surface area contributed by atoms with Crippen LogP contribution >= 0.6 is 0 Å². The molecule has 0 saturated carbocycles. The molecular weight excluding hydrogens is 244 g/mol. The maximum atomic E-state index is 9.26. The molecule has 19 heavy (non-hydrogen) atoms. The summed E-state index contributed by atoms with van der Waals surface area (Å²) in [5.41, 5.74) is 1.49. The zero-order chi connectivity index (χ0) is 13.1. The van der Waals surface area contributed by atoms with Crippen LogP contribution in [-0.4, -0.2) is 57.3 Å². The number of rotatable bonds is 5. The lowest BCUT2D eigenvalue weighted by Crippen LogP contribution is -2.39. The molecule has 1 fully saturated rings. The van der Waals surface area contributed by atoms with Crippen molar-refractivity contribution in [3.63, 3.8) is 0 Å². The Morgan fingerprint density at radius 2 is 2.32 bits per heavy atom. The first kappa shape index (κ1) is 12.3. The number of fused-ring (bicyclic) bond motifs is 1. The molecular formula is C12H18N6O. The van der Waals surface area contributed by atoms with E-state index < -0.39 is 0 Å². The fraction of sp³-hybridized carbons (Fsp3) is 0.583. The average molecular weight is 262 g/mol. The fourth-order valence-corrected chi connectivity index (χ4v) is 2.57. The molecule has 3 heterocycles. The van der Waals surface area contributed by atoms with Crippen molar-refractivity contribution in [3.05, 3.63) is 12.7 Å². The molecule has 3 N–H and O–H groups in total. The molecule has 0 amide bonds. The number of H-pyrrole nitrogens is 1. The molecule has 1 unspecified atom stereocenters. The second kappa shape index (κ2) is 5.50. The molecule has 1 atom stereocenters. The fourth-order valence-electron chi connectivity index (χ4n) is 2.57. The van der Waals surface area contributed by atoms with Gasteiger partial charge < -0.3 is 20.3 Å². The van der Waals surface area contributed by atoms with Crippen molar-refractivity contribution in [2.45, 2.75) is 18.9 Å². The highest BCUT2D eigenvalue weighted by Crippen LogP contribution is 2.20. The van der Waals surface area contributed by atoms with Gasteiger partial charge in [-0.2, -0.15) is 0 Å². The van der Waals surface area contributed by atoms with Gasteiger partial charge in [0.2, 0.25) is 0 Å². The van der Waals surface area contributed by atoms with Crippen LogP contribution in [0.1, 0.15) is 12.8 Å². The van der Waals surface area contributed by atoms with Gasteiger partial charge in [-0.3, -0.25) is 0 Å². The molecule has 0 bridgehead atoms. The highest BCUT2D eigenvalue weighted by molar-refractivity contribution is 5.82. The Hall–Kier alpha value is -1.73. The first-order chi connectivity index (χ1) is 9.38. The lowest BCUT2D eigenvalue weighted by atomic mass is 10.2. The molecule has 2 aromatic rings. The van der Waals surface area contributed by atoms with Crippen LogP contribution in [-0.2, 0) is 0 Å². The zero-order valence-electron chi connectivity index (χ0n) is 10.7. The summed E-state index contributed by atoms with van der Waals surface area (Å²) in [6.45, 7) is 2.57. The van der Waals surface area contributed by atoms with Gasteiger partial charge in [-0.05, 0) is 19.4 Å². The van der Waals surface area contributed by atoms with E-state index in [1.54, 1.807) is 6.33 Å². The minimum atomic E-state index is 0.104. The second-order valence-electron chi connectivity index (χ2n) is 4.76. The van der Waals surface area contributed by atoms with E-state index in [1.807, 2.05) is 0 Å². The third-order valence-corrected chi connectivity index (χ3v) is 3.48. The molecule has 0 aromatic carbocycles. The molecule has 102 valence electrons. The Kier molecular flexibility index (Phi) is 3.56. The monoisotopic (exact) mass is 262 g/mol. The van der Waals surface area contributed by atoms with Crippen LogP contribution < -0.4 is 10.2 Å². The first-order valence-corrected chi connectivity index (χ1v) is 6.62. The lowest BCUT2D eigenvalue weighted by Gasteiger charge is -2.26. The van der Waals surface area contributed by atoms with Crippen LogP contribution in [0, 0.1) is 0 Å². The van der Waals surface area contributed by atoms with Crippen molar-refractivity contribution in [2.75, 3.05) is 31.1 Å². The highest BCUT2D eigenvalue weighted by atomic mass is 16.3. The van der Waals surface area contributed by atoms with Crippen LogP contribution in [0.4, 0.5) is 5.82 Å². The molecule has 7 nitrogen and oxygen atoms in total. The van der Waals surface area contributed by atoms with E-state index in [1.165, 1.54) is 19.2 Å². The molecule has 0 aliphatic carbocycles. The Bertz CT molecular complexity index is 536. The van der Waals surface area contributed by atoms with Gasteiger partial charge in [0.05, 0.1) is 12.9 Å². The number of hydrogen-bond donors (Lipinski definition) is 3. The van der Waals surface area contributed by atoms with Crippen molar-refractivity contribution in [1.82, 2.24) is 25.3 Å². The van der Waals surface area contributed by atoms with Gasteiger partial charge in [-0.1, -0.05) is 0 Å². The molecule has 3 rings (SSSR count). The summed E-state index contributed by atoms with van der Waals surface area (Å²) in [7, 11) is 0. The summed E-state index contributed by atoms with van der Waals surface area (Å²) in [6, 6.07) is 0.458. The summed E-state index contributed by atoms with van der Waals surface area (Å²) < 4.78 is 0. The van der Waals surface area contributed by atoms with Gasteiger partial charge in [0.25, 0.3) is 0 Å². The number of aliphatic hydroxyl groups excluding tert-OH is 1. The van der Waals surface area contributed by atoms with Gasteiger partial charge >= 0.3 is 0 Å². The Labute approximate surface area is 111 Å². The van der Waals surface area contributed by atoms with Gasteiger partial charge in [0, 0.05) is 19.1 Å². The molecule has 2 aromatic heterocycles. The van der Waals surface area contributed by atoms with Crippen molar-refractivity contribution < 1.29 is 5.11 Å². The van der Waals surface area contributed by atoms with E-state index in [9.17, 15) is 5.11 Å². The molecule has 7 heteroatoms. The molecule has 0 radical (unpaired) electrons. The Balaban J connectivity index is 1.87. The largest absolute Gasteiger partial charge is 0.395 e. The number of aliphatic hydroxyl groups is 1. The third kappa shape index (κ3) is 2.52. The first-order valence-electron chi connectivity index (χ1n) is 6.62. The Morgan fingerprint density at radius 3 is 3.11 bits per heavy atom. The summed E-state index contributed by atoms with van der Waals surface area (Å²) >= 11 is 0. The second-order valence-corrected chi connectivity index (χ2v) is 4.76. The Morgan fingerprint density at radius 1 is 1.37 bits per heavy atom. The number of imidazole rings is 1. The normalized spacial score (nSPS) is 19.1. The summed E-state index contributed by atoms with van der Waals surface area (Å²) in [5, 5.41) is 12.7. The molecule has 1 aliphatic heterocycles. The number of anilines is 1. The van der Waals surface area contributed by atoms with E-state index in [-0.39, 0.29) is 6.61 Å². The number of hydrogen-bond acceptors (Lipinski definition) is 6. The maximum Gasteiger partial charge on any atom is 0.182 e. The lowest BCUT2D eigenvalue weighted by molar-refractivity contribution is 0.300. The third-order valence-electron chi connectivity index (χ3n) is 3.48. The topological polar surface area (TPSA) is 90.0 Å². The number of nitrogens with one attached hydrogen (secondary N) is 2. The summed E-state index contributed by atoms with van der Waals surface area (Å²) in [6.07, 6.45) is 5.51. The van der Waals surface area contributed by atoms with E-state index >= 15 is 0 Å². The van der Waals surface area contributed by atoms with Gasteiger partial charge in [0.1, 0.15) is 11.8 Å². The van der Waals surface area contributed by atoms with Crippen LogP contribution in [0.3, 0.4) is 0 Å². The van der Waals surface area contributed by atoms with Gasteiger partial charge in [-0.15, -0.1) is 0 Å². The van der Waals surface area contributed by atoms with Crippen LogP contribution in [0.25, 0.3) is 11.2 Å². The van der Waals surface area contributed by atoms with E-state index in [0.29, 0.717) is 18.2 Å². The van der Waals surface area contributed by atoms with E-state index in [0.717, 1.165) is 24.4 Å². The predicted molar refractivity (Wildman–Crippen MR) is 72.0 cm³/mol. The van der Waals surface area contributed by atoms with Crippen LogP contribution in [0.5, 0.6) is 0 Å². The predicted octanol–water partition coefficient (Wildman–Crippen LogP) is -0.0964. The highest BCUT2D eigenvalue weighted by Gasteiger charge is 2.20. The standard InChI is InChI=1S/C12H18N6O/c19-5-4-18(6-9-2-1-3-13-9)12-10-11(15-7-14-10)16-8-17-12/h7-9,13,19H,1-6H2,(H,14,15,16,17).